The van der Waals surface area contributed by atoms with Crippen LogP contribution in [0.5, 0.6) is 0 Å². The fraction of sp³-hybridized carbons (Fsp3) is 0.857. The van der Waals surface area contributed by atoms with Crippen LogP contribution in [0.3, 0.4) is 0 Å². The van der Waals surface area contributed by atoms with Gasteiger partial charge in [0.05, 0.1) is 5.75 Å². The lowest BCUT2D eigenvalue weighted by Crippen LogP contribution is -2.52. The molecular formula is C14H24N2O5S. The molecule has 2 rings (SSSR count). The Morgan fingerprint density at radius 3 is 2.27 bits per heavy atom. The molecular weight excluding hydrogens is 308 g/mol. The van der Waals surface area contributed by atoms with Crippen LogP contribution in [-0.2, 0) is 19.6 Å². The molecule has 0 unspecified atom stereocenters. The molecule has 0 radical (unpaired) electrons. The Balaban J connectivity index is 1.98. The van der Waals surface area contributed by atoms with Gasteiger partial charge in [-0.1, -0.05) is 0 Å². The topological polar surface area (TPSA) is 95.0 Å². The Labute approximate surface area is 131 Å². The van der Waals surface area contributed by atoms with Crippen molar-refractivity contribution in [1.29, 1.82) is 0 Å². The van der Waals surface area contributed by atoms with Crippen LogP contribution in [0.25, 0.3) is 0 Å². The van der Waals surface area contributed by atoms with E-state index in [9.17, 15) is 23.1 Å². The van der Waals surface area contributed by atoms with Gasteiger partial charge >= 0.3 is 5.97 Å². The summed E-state index contributed by atoms with van der Waals surface area (Å²) >= 11 is 0. The summed E-state index contributed by atoms with van der Waals surface area (Å²) < 4.78 is 25.1. The van der Waals surface area contributed by atoms with Crippen LogP contribution < -0.4 is 0 Å². The minimum absolute atomic E-state index is 0.0683. The van der Waals surface area contributed by atoms with Crippen molar-refractivity contribution in [3.05, 3.63) is 0 Å². The Morgan fingerprint density at radius 1 is 1.09 bits per heavy atom. The van der Waals surface area contributed by atoms with Gasteiger partial charge in [-0.3, -0.25) is 4.79 Å². The molecule has 1 atom stereocenters. The molecule has 1 N–H and O–H groups in total. The second-order valence-electron chi connectivity index (χ2n) is 5.96. The lowest BCUT2D eigenvalue weighted by molar-refractivity contribution is -0.154. The largest absolute Gasteiger partial charge is 0.480 e. The van der Waals surface area contributed by atoms with E-state index in [4.69, 9.17) is 0 Å². The first-order valence-corrected chi connectivity index (χ1v) is 9.49. The molecule has 0 saturated carbocycles. The van der Waals surface area contributed by atoms with Crippen LogP contribution in [0, 0.1) is 5.92 Å². The van der Waals surface area contributed by atoms with Crippen LogP contribution in [0.4, 0.5) is 0 Å². The molecule has 0 aromatic carbocycles. The van der Waals surface area contributed by atoms with Crippen molar-refractivity contribution in [2.75, 3.05) is 25.4 Å². The lowest BCUT2D eigenvalue weighted by atomic mass is 9.93. The Morgan fingerprint density at radius 2 is 1.73 bits per heavy atom. The van der Waals surface area contributed by atoms with Crippen molar-refractivity contribution in [1.82, 2.24) is 9.21 Å². The molecule has 2 aliphatic rings. The summed E-state index contributed by atoms with van der Waals surface area (Å²) in [4.78, 5) is 25.4. The minimum atomic E-state index is -3.21. The van der Waals surface area contributed by atoms with E-state index in [1.54, 1.807) is 6.92 Å². The van der Waals surface area contributed by atoms with Crippen LogP contribution in [0.1, 0.15) is 39.0 Å². The van der Waals surface area contributed by atoms with Crippen molar-refractivity contribution < 1.29 is 23.1 Å². The van der Waals surface area contributed by atoms with Crippen molar-refractivity contribution in [2.45, 2.75) is 45.1 Å². The molecule has 7 nitrogen and oxygen atoms in total. The average Bonchev–Trinajstić information content (AvgIpc) is 2.54. The van der Waals surface area contributed by atoms with Crippen molar-refractivity contribution >= 4 is 21.9 Å². The van der Waals surface area contributed by atoms with Crippen molar-refractivity contribution in [2.24, 2.45) is 5.92 Å². The second kappa shape index (κ2) is 6.95. The molecule has 2 aliphatic heterocycles. The number of aliphatic carboxylic acids is 1. The maximum absolute atomic E-state index is 12.6. The van der Waals surface area contributed by atoms with Crippen LogP contribution in [-0.4, -0.2) is 66.0 Å². The summed E-state index contributed by atoms with van der Waals surface area (Å²) in [5.74, 6) is -1.26. The third kappa shape index (κ3) is 3.60. The molecule has 0 aromatic heterocycles. The van der Waals surface area contributed by atoms with Gasteiger partial charge < -0.3 is 10.0 Å². The smallest absolute Gasteiger partial charge is 0.326 e. The summed E-state index contributed by atoms with van der Waals surface area (Å²) in [5.41, 5.74) is 0. The number of carbonyl (C=O) groups excluding carboxylic acids is 1. The van der Waals surface area contributed by atoms with E-state index in [0.29, 0.717) is 38.9 Å². The number of carboxylic acids is 1. The van der Waals surface area contributed by atoms with Crippen molar-refractivity contribution in [3.63, 3.8) is 0 Å². The molecule has 0 bridgehead atoms. The highest BCUT2D eigenvalue weighted by molar-refractivity contribution is 7.89. The summed E-state index contributed by atoms with van der Waals surface area (Å²) in [6.07, 6.45) is 3.11. The maximum atomic E-state index is 12.6. The van der Waals surface area contributed by atoms with Crippen LogP contribution >= 0.6 is 0 Å². The summed E-state index contributed by atoms with van der Waals surface area (Å²) in [6, 6.07) is -0.723. The molecule has 8 heteroatoms. The Bertz CT molecular complexity index is 525. The number of hydrogen-bond donors (Lipinski definition) is 1. The highest BCUT2D eigenvalue weighted by atomic mass is 32.2. The number of likely N-dealkylation sites (tertiary alicyclic amines) is 1. The SMILES string of the molecule is CCS(=O)(=O)N1CCC(C(=O)N2CCCC[C@@H]2C(=O)O)CC1. The van der Waals surface area contributed by atoms with E-state index >= 15 is 0 Å². The van der Waals surface area contributed by atoms with E-state index in [2.05, 4.69) is 0 Å². The van der Waals surface area contributed by atoms with E-state index < -0.39 is 22.0 Å². The number of hydrogen-bond acceptors (Lipinski definition) is 4. The molecule has 22 heavy (non-hydrogen) atoms. The number of piperidine rings is 2. The zero-order chi connectivity index (χ0) is 16.3. The van der Waals surface area contributed by atoms with Gasteiger partial charge in [-0.2, -0.15) is 0 Å². The molecule has 1 amide bonds. The molecule has 0 aromatic rings. The summed E-state index contributed by atoms with van der Waals surface area (Å²) in [6.45, 7) is 2.79. The fourth-order valence-electron chi connectivity index (χ4n) is 3.25. The Kier molecular flexibility index (Phi) is 5.44. The van der Waals surface area contributed by atoms with E-state index in [0.717, 1.165) is 12.8 Å². The first-order chi connectivity index (χ1) is 10.4. The summed E-state index contributed by atoms with van der Waals surface area (Å²) in [5, 5.41) is 9.26. The first kappa shape index (κ1) is 17.2. The third-order valence-corrected chi connectivity index (χ3v) is 6.51. The molecule has 0 aliphatic carbocycles. The standard InChI is InChI=1S/C14H24N2O5S/c1-2-22(20,21)15-9-6-11(7-10-15)13(17)16-8-4-3-5-12(16)14(18)19/h11-12H,2-10H2,1H3,(H,18,19)/t12-/m1/s1. The zero-order valence-corrected chi connectivity index (χ0v) is 13.7. The summed E-state index contributed by atoms with van der Waals surface area (Å²) in [7, 11) is -3.21. The van der Waals surface area contributed by atoms with Gasteiger partial charge in [0.25, 0.3) is 0 Å². The molecule has 2 saturated heterocycles. The molecule has 2 fully saturated rings. The Hall–Kier alpha value is -1.15. The van der Waals surface area contributed by atoms with Gasteiger partial charge in [0.2, 0.25) is 15.9 Å². The van der Waals surface area contributed by atoms with Crippen LogP contribution in [0.2, 0.25) is 0 Å². The normalized spacial score (nSPS) is 25.1. The quantitative estimate of drug-likeness (QED) is 0.809. The number of nitrogens with zero attached hydrogens (tertiary/aromatic N) is 2. The monoisotopic (exact) mass is 332 g/mol. The van der Waals surface area contributed by atoms with Crippen molar-refractivity contribution in [3.8, 4) is 0 Å². The predicted octanol–water partition coefficient (Wildman–Crippen LogP) is 0.514. The van der Waals surface area contributed by atoms with Gasteiger partial charge in [-0.15, -0.1) is 0 Å². The van der Waals surface area contributed by atoms with E-state index in [1.165, 1.54) is 9.21 Å². The number of carboxylic acid groups (broad SMARTS) is 1. The number of amides is 1. The van der Waals surface area contributed by atoms with Gasteiger partial charge in [0, 0.05) is 25.6 Å². The molecule has 126 valence electrons. The van der Waals surface area contributed by atoms with E-state index in [1.807, 2.05) is 0 Å². The fourth-order valence-corrected chi connectivity index (χ4v) is 4.38. The van der Waals surface area contributed by atoms with Crippen LogP contribution in [0.15, 0.2) is 0 Å². The number of rotatable bonds is 4. The highest BCUT2D eigenvalue weighted by Gasteiger charge is 2.37. The number of carbonyl (C=O) groups is 2. The van der Waals surface area contributed by atoms with Gasteiger partial charge in [-0.05, 0) is 39.0 Å². The lowest BCUT2D eigenvalue weighted by Gasteiger charge is -2.38. The third-order valence-electron chi connectivity index (χ3n) is 4.63. The minimum Gasteiger partial charge on any atom is -0.480 e. The second-order valence-corrected chi connectivity index (χ2v) is 8.21. The first-order valence-electron chi connectivity index (χ1n) is 7.88. The van der Waals surface area contributed by atoms with E-state index in [-0.39, 0.29) is 17.6 Å². The predicted molar refractivity (Wildman–Crippen MR) is 80.7 cm³/mol. The highest BCUT2D eigenvalue weighted by Crippen LogP contribution is 2.26. The zero-order valence-electron chi connectivity index (χ0n) is 12.9. The average molecular weight is 332 g/mol. The van der Waals surface area contributed by atoms with Gasteiger partial charge in [-0.25, -0.2) is 17.5 Å². The molecule has 2 heterocycles. The molecule has 0 spiro atoms. The van der Waals surface area contributed by atoms with Gasteiger partial charge in [0.1, 0.15) is 6.04 Å². The van der Waals surface area contributed by atoms with Gasteiger partial charge in [0.15, 0.2) is 0 Å². The maximum Gasteiger partial charge on any atom is 0.326 e. The number of sulfonamides is 1.